The van der Waals surface area contributed by atoms with Crippen LogP contribution in [-0.2, 0) is 9.59 Å². The van der Waals surface area contributed by atoms with Gasteiger partial charge in [0.25, 0.3) is 0 Å². The summed E-state index contributed by atoms with van der Waals surface area (Å²) in [5, 5.41) is 6.40. The maximum atomic E-state index is 12.4. The number of likely N-dealkylation sites (tertiary alicyclic amines) is 1. The van der Waals surface area contributed by atoms with Gasteiger partial charge in [0.1, 0.15) is 0 Å². The second kappa shape index (κ2) is 8.34. The van der Waals surface area contributed by atoms with Crippen LogP contribution in [0.4, 0.5) is 11.4 Å². The SMILES string of the molecule is CC(=O)Nc1ccccc1NC(=O)CN1CC[C@H](c2ccccc2Cl)C1. The predicted octanol–water partition coefficient (Wildman–Crippen LogP) is 3.73. The molecule has 6 heteroatoms. The van der Waals surface area contributed by atoms with Gasteiger partial charge < -0.3 is 10.6 Å². The molecule has 2 amide bonds. The molecule has 0 unspecified atom stereocenters. The Morgan fingerprint density at radius 3 is 2.42 bits per heavy atom. The average Bonchev–Trinajstić information content (AvgIpc) is 3.04. The predicted molar refractivity (Wildman–Crippen MR) is 105 cm³/mol. The maximum absolute atomic E-state index is 12.4. The van der Waals surface area contributed by atoms with Crippen molar-refractivity contribution in [1.29, 1.82) is 0 Å². The lowest BCUT2D eigenvalue weighted by atomic mass is 9.98. The lowest BCUT2D eigenvalue weighted by Gasteiger charge is -2.17. The Kier molecular flexibility index (Phi) is 5.91. The van der Waals surface area contributed by atoms with Crippen LogP contribution >= 0.6 is 11.6 Å². The number of benzene rings is 2. The summed E-state index contributed by atoms with van der Waals surface area (Å²) in [7, 11) is 0. The minimum absolute atomic E-state index is 0.0948. The van der Waals surface area contributed by atoms with Crippen molar-refractivity contribution in [1.82, 2.24) is 4.90 Å². The highest BCUT2D eigenvalue weighted by molar-refractivity contribution is 6.31. The van der Waals surface area contributed by atoms with Crippen LogP contribution in [0.5, 0.6) is 0 Å². The van der Waals surface area contributed by atoms with Crippen LogP contribution in [0.2, 0.25) is 5.02 Å². The van der Waals surface area contributed by atoms with Crippen molar-refractivity contribution < 1.29 is 9.59 Å². The van der Waals surface area contributed by atoms with Gasteiger partial charge in [-0.1, -0.05) is 41.9 Å². The summed E-state index contributed by atoms with van der Waals surface area (Å²) in [4.78, 5) is 25.8. The molecule has 2 aromatic carbocycles. The minimum atomic E-state index is -0.172. The number of hydrogen-bond acceptors (Lipinski definition) is 3. The molecule has 136 valence electrons. The Hall–Kier alpha value is -2.37. The van der Waals surface area contributed by atoms with Crippen molar-refractivity contribution in [3.05, 3.63) is 59.1 Å². The van der Waals surface area contributed by atoms with Crippen molar-refractivity contribution in [3.8, 4) is 0 Å². The molecular formula is C20H22ClN3O2. The molecule has 2 N–H and O–H groups in total. The van der Waals surface area contributed by atoms with Crippen LogP contribution < -0.4 is 10.6 Å². The van der Waals surface area contributed by atoms with Crippen LogP contribution in [0.25, 0.3) is 0 Å². The number of carbonyl (C=O) groups excluding carboxylic acids is 2. The third kappa shape index (κ3) is 4.62. The summed E-state index contributed by atoms with van der Waals surface area (Å²) in [6.07, 6.45) is 0.986. The number of amides is 2. The highest BCUT2D eigenvalue weighted by Gasteiger charge is 2.26. The first kappa shape index (κ1) is 18.4. The summed E-state index contributed by atoms with van der Waals surface area (Å²) >= 11 is 6.29. The molecule has 26 heavy (non-hydrogen) atoms. The molecule has 1 atom stereocenters. The quantitative estimate of drug-likeness (QED) is 0.841. The van der Waals surface area contributed by atoms with Crippen LogP contribution in [0.1, 0.15) is 24.8 Å². The standard InChI is InChI=1S/C20H22ClN3O2/c1-14(25)22-18-8-4-5-9-19(18)23-20(26)13-24-11-10-15(12-24)16-6-2-3-7-17(16)21/h2-9,15H,10-13H2,1H3,(H,22,25)(H,23,26)/t15-/m0/s1. The van der Waals surface area contributed by atoms with Crippen molar-refractivity contribution in [3.63, 3.8) is 0 Å². The third-order valence-electron chi connectivity index (χ3n) is 4.50. The average molecular weight is 372 g/mol. The maximum Gasteiger partial charge on any atom is 0.238 e. The Morgan fingerprint density at radius 2 is 1.73 bits per heavy atom. The van der Waals surface area contributed by atoms with E-state index >= 15 is 0 Å². The van der Waals surface area contributed by atoms with Crippen LogP contribution in [0.3, 0.4) is 0 Å². The highest BCUT2D eigenvalue weighted by atomic mass is 35.5. The molecule has 0 aliphatic carbocycles. The normalized spacial score (nSPS) is 17.1. The lowest BCUT2D eigenvalue weighted by Crippen LogP contribution is -2.31. The number of nitrogens with zero attached hydrogens (tertiary/aromatic N) is 1. The molecule has 3 rings (SSSR count). The molecule has 1 saturated heterocycles. The zero-order chi connectivity index (χ0) is 18.5. The zero-order valence-corrected chi connectivity index (χ0v) is 15.4. The number of anilines is 2. The first-order valence-electron chi connectivity index (χ1n) is 8.66. The first-order valence-corrected chi connectivity index (χ1v) is 9.04. The fourth-order valence-corrected chi connectivity index (χ4v) is 3.61. The van der Waals surface area contributed by atoms with Gasteiger partial charge in [0, 0.05) is 18.5 Å². The molecule has 1 aliphatic rings. The van der Waals surface area contributed by atoms with Gasteiger partial charge in [-0.2, -0.15) is 0 Å². The van der Waals surface area contributed by atoms with Gasteiger partial charge in [0.2, 0.25) is 11.8 Å². The van der Waals surface area contributed by atoms with Gasteiger partial charge in [-0.15, -0.1) is 0 Å². The largest absolute Gasteiger partial charge is 0.325 e. The second-order valence-corrected chi connectivity index (χ2v) is 6.92. The molecule has 0 bridgehead atoms. The topological polar surface area (TPSA) is 61.4 Å². The summed E-state index contributed by atoms with van der Waals surface area (Å²) < 4.78 is 0. The number of para-hydroxylation sites is 2. The fraction of sp³-hybridized carbons (Fsp3) is 0.300. The molecular weight excluding hydrogens is 350 g/mol. The summed E-state index contributed by atoms with van der Waals surface area (Å²) in [5.74, 6) is 0.0830. The molecule has 0 spiro atoms. The summed E-state index contributed by atoms with van der Waals surface area (Å²) in [6.45, 7) is 3.42. The number of carbonyl (C=O) groups is 2. The van der Waals surface area contributed by atoms with Gasteiger partial charge in [-0.3, -0.25) is 14.5 Å². The number of halogens is 1. The van der Waals surface area contributed by atoms with Gasteiger partial charge >= 0.3 is 0 Å². The molecule has 5 nitrogen and oxygen atoms in total. The second-order valence-electron chi connectivity index (χ2n) is 6.52. The minimum Gasteiger partial charge on any atom is -0.325 e. The van der Waals surface area contributed by atoms with Gasteiger partial charge in [-0.05, 0) is 42.6 Å². The van der Waals surface area contributed by atoms with E-state index in [1.165, 1.54) is 6.92 Å². The molecule has 0 radical (unpaired) electrons. The number of nitrogens with one attached hydrogen (secondary N) is 2. The van der Waals surface area contributed by atoms with Gasteiger partial charge in [0.05, 0.1) is 17.9 Å². The van der Waals surface area contributed by atoms with Crippen LogP contribution in [0.15, 0.2) is 48.5 Å². The fourth-order valence-electron chi connectivity index (χ4n) is 3.32. The van der Waals surface area contributed by atoms with E-state index in [2.05, 4.69) is 21.6 Å². The Bertz CT molecular complexity index is 809. The van der Waals surface area contributed by atoms with E-state index < -0.39 is 0 Å². The molecule has 0 saturated carbocycles. The lowest BCUT2D eigenvalue weighted by molar-refractivity contribution is -0.117. The van der Waals surface area contributed by atoms with E-state index in [1.807, 2.05) is 30.3 Å². The summed E-state index contributed by atoms with van der Waals surface area (Å²) in [5.41, 5.74) is 2.35. The van der Waals surface area contributed by atoms with E-state index in [-0.39, 0.29) is 11.8 Å². The zero-order valence-electron chi connectivity index (χ0n) is 14.7. The van der Waals surface area contributed by atoms with Crippen LogP contribution in [0, 0.1) is 0 Å². The van der Waals surface area contributed by atoms with E-state index in [0.717, 1.165) is 30.1 Å². The van der Waals surface area contributed by atoms with Crippen molar-refractivity contribution >= 4 is 34.8 Å². The Labute approximate surface area is 158 Å². The van der Waals surface area contributed by atoms with Crippen molar-refractivity contribution in [2.24, 2.45) is 0 Å². The third-order valence-corrected chi connectivity index (χ3v) is 4.84. The Morgan fingerprint density at radius 1 is 1.08 bits per heavy atom. The van der Waals surface area contributed by atoms with Crippen LogP contribution in [-0.4, -0.2) is 36.3 Å². The smallest absolute Gasteiger partial charge is 0.238 e. The highest BCUT2D eigenvalue weighted by Crippen LogP contribution is 2.31. The number of rotatable bonds is 5. The molecule has 1 heterocycles. The van der Waals surface area contributed by atoms with Gasteiger partial charge in [0.15, 0.2) is 0 Å². The Balaban J connectivity index is 1.58. The van der Waals surface area contributed by atoms with E-state index in [9.17, 15) is 9.59 Å². The van der Waals surface area contributed by atoms with Gasteiger partial charge in [-0.25, -0.2) is 0 Å². The van der Waals surface area contributed by atoms with E-state index in [4.69, 9.17) is 11.6 Å². The molecule has 2 aromatic rings. The number of hydrogen-bond donors (Lipinski definition) is 2. The molecule has 0 aromatic heterocycles. The monoisotopic (exact) mass is 371 g/mol. The molecule has 1 fully saturated rings. The van der Waals surface area contributed by atoms with E-state index in [1.54, 1.807) is 12.1 Å². The molecule has 1 aliphatic heterocycles. The van der Waals surface area contributed by atoms with E-state index in [0.29, 0.717) is 23.8 Å². The summed E-state index contributed by atoms with van der Waals surface area (Å²) in [6, 6.07) is 15.1. The van der Waals surface area contributed by atoms with Crippen molar-refractivity contribution in [2.45, 2.75) is 19.3 Å². The van der Waals surface area contributed by atoms with Crippen molar-refractivity contribution in [2.75, 3.05) is 30.3 Å². The first-order chi connectivity index (χ1) is 12.5.